The van der Waals surface area contributed by atoms with Crippen LogP contribution in [0.3, 0.4) is 0 Å². The number of anilines is 1. The molecule has 0 heterocycles. The minimum absolute atomic E-state index is 0.0431. The Morgan fingerprint density at radius 1 is 1.09 bits per heavy atom. The molecule has 0 aliphatic heterocycles. The number of ether oxygens (including phenoxy) is 2. The molecule has 0 aromatic heterocycles. The predicted molar refractivity (Wildman–Crippen MR) is 133 cm³/mol. The van der Waals surface area contributed by atoms with Gasteiger partial charge in [0.25, 0.3) is 0 Å². The molecule has 1 N–H and O–H groups in total. The quantitative estimate of drug-likeness (QED) is 0.454. The number of nitrogens with zero attached hydrogens (tertiary/aromatic N) is 2. The maximum Gasteiger partial charge on any atom is 0.340 e. The summed E-state index contributed by atoms with van der Waals surface area (Å²) in [4.78, 5) is 40.2. The highest BCUT2D eigenvalue weighted by Gasteiger charge is 2.28. The number of benzene rings is 2. The van der Waals surface area contributed by atoms with Crippen molar-refractivity contribution in [1.29, 1.82) is 5.26 Å². The molecule has 8 heteroatoms. The Labute approximate surface area is 206 Å². The Kier molecular flexibility index (Phi) is 10.9. The maximum absolute atomic E-state index is 13.4. The zero-order valence-electron chi connectivity index (χ0n) is 20.8. The number of carbonyl (C=O) groups excluding carboxylic acids is 3. The molecule has 8 nitrogen and oxygen atoms in total. The molecular weight excluding hydrogens is 446 g/mol. The second-order valence-corrected chi connectivity index (χ2v) is 8.05. The zero-order chi connectivity index (χ0) is 25.8. The lowest BCUT2D eigenvalue weighted by Gasteiger charge is -2.29. The van der Waals surface area contributed by atoms with Gasteiger partial charge in [-0.15, -0.1) is 0 Å². The second kappa shape index (κ2) is 13.9. The van der Waals surface area contributed by atoms with Crippen LogP contribution in [-0.2, 0) is 25.7 Å². The van der Waals surface area contributed by atoms with Gasteiger partial charge in [0.2, 0.25) is 5.91 Å². The Morgan fingerprint density at radius 2 is 1.80 bits per heavy atom. The van der Waals surface area contributed by atoms with E-state index in [2.05, 4.69) is 5.32 Å². The molecule has 0 saturated heterocycles. The van der Waals surface area contributed by atoms with Crippen LogP contribution in [0.1, 0.15) is 60.7 Å². The number of hydrogen-bond donors (Lipinski definition) is 1. The van der Waals surface area contributed by atoms with Crippen LogP contribution in [0.4, 0.5) is 5.69 Å². The summed E-state index contributed by atoms with van der Waals surface area (Å²) < 4.78 is 10.5. The van der Waals surface area contributed by atoms with E-state index in [1.54, 1.807) is 24.8 Å². The Bertz CT molecular complexity index is 1060. The Hall–Kier alpha value is -3.70. The van der Waals surface area contributed by atoms with Gasteiger partial charge in [0.15, 0.2) is 0 Å². The normalized spacial score (nSPS) is 11.4. The van der Waals surface area contributed by atoms with Crippen LogP contribution >= 0.6 is 0 Å². The van der Waals surface area contributed by atoms with Gasteiger partial charge >= 0.3 is 11.9 Å². The number of rotatable bonds is 12. The molecule has 35 heavy (non-hydrogen) atoms. The van der Waals surface area contributed by atoms with Crippen LogP contribution in [0.15, 0.2) is 42.5 Å². The lowest BCUT2D eigenvalue weighted by atomic mass is 10.0. The standard InChI is InChI=1S/C27H33N3O5/c1-5-11-23(30(6-2)17-24(31)35-18-20-12-9-8-10-13-20)26(32)29-25-19(4)14-21(16-28)15-22(25)27(33)34-7-3/h8-10,12-15,23H,5-7,11,17-18H2,1-4H3,(H,29,32). The van der Waals surface area contributed by atoms with Gasteiger partial charge in [-0.2, -0.15) is 5.26 Å². The first-order valence-electron chi connectivity index (χ1n) is 11.8. The van der Waals surface area contributed by atoms with E-state index in [1.807, 2.05) is 50.2 Å². The minimum atomic E-state index is -0.619. The summed E-state index contributed by atoms with van der Waals surface area (Å²) in [6.07, 6.45) is 1.22. The molecule has 2 aromatic rings. The van der Waals surface area contributed by atoms with Crippen molar-refractivity contribution in [3.63, 3.8) is 0 Å². The largest absolute Gasteiger partial charge is 0.462 e. The molecule has 1 atom stereocenters. The van der Waals surface area contributed by atoms with E-state index in [1.165, 1.54) is 6.07 Å². The van der Waals surface area contributed by atoms with Crippen molar-refractivity contribution < 1.29 is 23.9 Å². The van der Waals surface area contributed by atoms with Crippen molar-refractivity contribution in [3.8, 4) is 6.07 Å². The van der Waals surface area contributed by atoms with Crippen molar-refractivity contribution in [1.82, 2.24) is 4.90 Å². The highest BCUT2D eigenvalue weighted by Crippen LogP contribution is 2.25. The second-order valence-electron chi connectivity index (χ2n) is 8.05. The first-order chi connectivity index (χ1) is 16.8. The number of carbonyl (C=O) groups is 3. The van der Waals surface area contributed by atoms with Gasteiger partial charge < -0.3 is 14.8 Å². The van der Waals surface area contributed by atoms with Crippen molar-refractivity contribution in [2.24, 2.45) is 0 Å². The van der Waals surface area contributed by atoms with Gasteiger partial charge in [-0.1, -0.05) is 50.6 Å². The highest BCUT2D eigenvalue weighted by atomic mass is 16.5. The van der Waals surface area contributed by atoms with Crippen LogP contribution in [0.2, 0.25) is 0 Å². The molecule has 1 amide bonds. The first-order valence-corrected chi connectivity index (χ1v) is 11.8. The Morgan fingerprint density at radius 3 is 2.40 bits per heavy atom. The summed E-state index contributed by atoms with van der Waals surface area (Å²) in [6, 6.07) is 13.8. The van der Waals surface area contributed by atoms with E-state index >= 15 is 0 Å². The van der Waals surface area contributed by atoms with Crippen LogP contribution in [0.5, 0.6) is 0 Å². The fourth-order valence-corrected chi connectivity index (χ4v) is 3.74. The summed E-state index contributed by atoms with van der Waals surface area (Å²) in [6.45, 7) is 7.96. The van der Waals surface area contributed by atoms with Crippen LogP contribution in [0.25, 0.3) is 0 Å². The average Bonchev–Trinajstić information content (AvgIpc) is 2.86. The lowest BCUT2D eigenvalue weighted by molar-refractivity contribution is -0.147. The summed E-state index contributed by atoms with van der Waals surface area (Å²) in [5.41, 5.74) is 2.18. The Balaban J connectivity index is 2.21. The topological polar surface area (TPSA) is 109 Å². The lowest BCUT2D eigenvalue weighted by Crippen LogP contribution is -2.46. The summed E-state index contributed by atoms with van der Waals surface area (Å²) in [7, 11) is 0. The molecule has 0 spiro atoms. The molecule has 1 unspecified atom stereocenters. The highest BCUT2D eigenvalue weighted by molar-refractivity contribution is 6.04. The fraction of sp³-hybridized carbons (Fsp3) is 0.407. The zero-order valence-corrected chi connectivity index (χ0v) is 20.8. The summed E-state index contributed by atoms with van der Waals surface area (Å²) >= 11 is 0. The molecule has 0 saturated carbocycles. The number of nitrogens with one attached hydrogen (secondary N) is 1. The summed E-state index contributed by atoms with van der Waals surface area (Å²) in [5, 5.41) is 12.2. The number of amides is 1. The van der Waals surface area contributed by atoms with E-state index < -0.39 is 18.0 Å². The molecule has 0 radical (unpaired) electrons. The molecule has 0 aliphatic carbocycles. The van der Waals surface area contributed by atoms with Crippen LogP contribution < -0.4 is 5.32 Å². The third-order valence-electron chi connectivity index (χ3n) is 5.49. The van der Waals surface area contributed by atoms with Gasteiger partial charge in [0.1, 0.15) is 6.61 Å². The van der Waals surface area contributed by atoms with Gasteiger partial charge in [-0.25, -0.2) is 4.79 Å². The molecular formula is C27H33N3O5. The van der Waals surface area contributed by atoms with Crippen LogP contribution in [0, 0.1) is 18.3 Å². The van der Waals surface area contributed by atoms with E-state index in [4.69, 9.17) is 9.47 Å². The van der Waals surface area contributed by atoms with Crippen molar-refractivity contribution in [3.05, 3.63) is 64.7 Å². The maximum atomic E-state index is 13.4. The van der Waals surface area contributed by atoms with Crippen LogP contribution in [-0.4, -0.2) is 48.5 Å². The van der Waals surface area contributed by atoms with Gasteiger partial charge in [-0.3, -0.25) is 14.5 Å². The number of likely N-dealkylation sites (N-methyl/N-ethyl adjacent to an activating group) is 1. The molecule has 2 rings (SSSR count). The van der Waals surface area contributed by atoms with E-state index in [0.717, 1.165) is 5.56 Å². The minimum Gasteiger partial charge on any atom is -0.462 e. The smallest absolute Gasteiger partial charge is 0.340 e. The SMILES string of the molecule is CCCC(C(=O)Nc1c(C)cc(C#N)cc1C(=O)OCC)N(CC)CC(=O)OCc1ccccc1. The molecule has 0 aliphatic rings. The third-order valence-corrected chi connectivity index (χ3v) is 5.49. The van der Waals surface area contributed by atoms with E-state index in [0.29, 0.717) is 36.2 Å². The predicted octanol–water partition coefficient (Wildman–Crippen LogP) is 4.22. The van der Waals surface area contributed by atoms with Gasteiger partial charge in [0.05, 0.1) is 42.1 Å². The first kappa shape index (κ1) is 27.5. The molecule has 0 bridgehead atoms. The van der Waals surface area contributed by atoms with E-state index in [9.17, 15) is 19.6 Å². The fourth-order valence-electron chi connectivity index (χ4n) is 3.74. The average molecular weight is 480 g/mol. The van der Waals surface area contributed by atoms with Crippen molar-refractivity contribution >= 4 is 23.5 Å². The number of esters is 2. The molecule has 0 fully saturated rings. The molecule has 186 valence electrons. The van der Waals surface area contributed by atoms with E-state index in [-0.39, 0.29) is 31.2 Å². The van der Waals surface area contributed by atoms with Gasteiger partial charge in [0, 0.05) is 0 Å². The number of nitriles is 1. The van der Waals surface area contributed by atoms with Gasteiger partial charge in [-0.05, 0) is 50.1 Å². The number of aryl methyl sites for hydroxylation is 1. The molecule has 2 aromatic carbocycles. The monoisotopic (exact) mass is 479 g/mol. The summed E-state index contributed by atoms with van der Waals surface area (Å²) in [5.74, 6) is -1.39. The number of hydrogen-bond acceptors (Lipinski definition) is 7. The third kappa shape index (κ3) is 7.94. The van der Waals surface area contributed by atoms with Crippen molar-refractivity contribution in [2.75, 3.05) is 25.0 Å². The van der Waals surface area contributed by atoms with Crippen molar-refractivity contribution in [2.45, 2.75) is 53.2 Å².